The quantitative estimate of drug-likeness (QED) is 0.775. The Bertz CT molecular complexity index is 450. The first-order chi connectivity index (χ1) is 9.08. The van der Waals surface area contributed by atoms with Crippen molar-refractivity contribution in [2.75, 3.05) is 13.7 Å². The zero-order valence-corrected chi connectivity index (χ0v) is 11.6. The van der Waals surface area contributed by atoms with Gasteiger partial charge in [0, 0.05) is 0 Å². The summed E-state index contributed by atoms with van der Waals surface area (Å²) in [6, 6.07) is 6.30. The van der Waals surface area contributed by atoms with Crippen molar-refractivity contribution in [3.8, 4) is 11.5 Å². The fourth-order valence-corrected chi connectivity index (χ4v) is 1.65. The number of carbonyl (C=O) groups is 2. The van der Waals surface area contributed by atoms with Crippen LogP contribution in [0.5, 0.6) is 11.5 Å². The van der Waals surface area contributed by atoms with Crippen LogP contribution < -0.4 is 14.8 Å². The molecule has 0 radical (unpaired) electrons. The third-order valence-corrected chi connectivity index (χ3v) is 2.71. The predicted octanol–water partition coefficient (Wildman–Crippen LogP) is 1.73. The summed E-state index contributed by atoms with van der Waals surface area (Å²) in [5.41, 5.74) is 0. The highest BCUT2D eigenvalue weighted by Crippen LogP contribution is 2.25. The van der Waals surface area contributed by atoms with Crippen LogP contribution in [0.15, 0.2) is 24.3 Å². The minimum Gasteiger partial charge on any atom is -0.493 e. The van der Waals surface area contributed by atoms with E-state index < -0.39 is 17.2 Å². The maximum atomic E-state index is 11.6. The molecule has 6 heteroatoms. The van der Waals surface area contributed by atoms with Crippen LogP contribution in [-0.2, 0) is 9.59 Å². The number of amides is 1. The van der Waals surface area contributed by atoms with Crippen molar-refractivity contribution < 1.29 is 19.1 Å². The summed E-state index contributed by atoms with van der Waals surface area (Å²) in [6.07, 6.45) is 0.433. The average molecular weight is 286 g/mol. The molecule has 0 aliphatic carbocycles. The van der Waals surface area contributed by atoms with Crippen LogP contribution in [0.4, 0.5) is 0 Å². The Labute approximate surface area is 116 Å². The number of benzene rings is 1. The number of para-hydroxylation sites is 2. The minimum atomic E-state index is -0.685. The summed E-state index contributed by atoms with van der Waals surface area (Å²) >= 11 is 5.34. The molecule has 1 aromatic carbocycles. The fourth-order valence-electron chi connectivity index (χ4n) is 1.44. The smallest absolute Gasteiger partial charge is 0.258 e. The van der Waals surface area contributed by atoms with Crippen LogP contribution in [0.3, 0.4) is 0 Å². The molecule has 1 aromatic rings. The summed E-state index contributed by atoms with van der Waals surface area (Å²) in [5, 5.41) is 1.90. The van der Waals surface area contributed by atoms with Gasteiger partial charge in [0.1, 0.15) is 6.04 Å². The Morgan fingerprint density at radius 3 is 2.47 bits per heavy atom. The van der Waals surface area contributed by atoms with Gasteiger partial charge in [0.2, 0.25) is 5.24 Å². The van der Waals surface area contributed by atoms with E-state index in [9.17, 15) is 9.59 Å². The Hall–Kier alpha value is -1.75. The molecule has 0 heterocycles. The van der Waals surface area contributed by atoms with Gasteiger partial charge in [-0.1, -0.05) is 19.1 Å². The van der Waals surface area contributed by atoms with E-state index in [2.05, 4.69) is 5.32 Å². The van der Waals surface area contributed by atoms with Crippen LogP contribution in [0.2, 0.25) is 0 Å². The first kappa shape index (κ1) is 15.3. The van der Waals surface area contributed by atoms with Crippen LogP contribution >= 0.6 is 11.6 Å². The molecule has 5 nitrogen and oxygen atoms in total. The molecular weight excluding hydrogens is 270 g/mol. The Morgan fingerprint density at radius 2 is 1.95 bits per heavy atom. The lowest BCUT2D eigenvalue weighted by molar-refractivity contribution is -0.126. The van der Waals surface area contributed by atoms with Crippen molar-refractivity contribution in [2.24, 2.45) is 0 Å². The Balaban J connectivity index is 2.52. The van der Waals surface area contributed by atoms with Gasteiger partial charge in [-0.15, -0.1) is 0 Å². The summed E-state index contributed by atoms with van der Waals surface area (Å²) in [5.74, 6) is 0.591. The molecule has 0 aliphatic rings. The molecule has 0 spiro atoms. The van der Waals surface area contributed by atoms with Gasteiger partial charge in [0.05, 0.1) is 7.11 Å². The van der Waals surface area contributed by atoms with Crippen LogP contribution in [0.25, 0.3) is 0 Å². The maximum Gasteiger partial charge on any atom is 0.258 e. The SMILES string of the molecule is CCC(NC(=O)COc1ccccc1OC)C(=O)Cl. The highest BCUT2D eigenvalue weighted by molar-refractivity contribution is 6.64. The minimum absolute atomic E-state index is 0.207. The predicted molar refractivity (Wildman–Crippen MR) is 71.6 cm³/mol. The van der Waals surface area contributed by atoms with E-state index in [0.29, 0.717) is 17.9 Å². The lowest BCUT2D eigenvalue weighted by atomic mass is 10.2. The number of carbonyl (C=O) groups excluding carboxylic acids is 2. The van der Waals surface area contributed by atoms with Gasteiger partial charge in [0.15, 0.2) is 18.1 Å². The summed E-state index contributed by atoms with van der Waals surface area (Å²) < 4.78 is 10.4. The van der Waals surface area contributed by atoms with Crippen molar-refractivity contribution >= 4 is 22.8 Å². The molecule has 1 N–H and O–H groups in total. The maximum absolute atomic E-state index is 11.6. The van der Waals surface area contributed by atoms with E-state index in [4.69, 9.17) is 21.1 Å². The second kappa shape index (κ2) is 7.63. The van der Waals surface area contributed by atoms with E-state index in [1.165, 1.54) is 7.11 Å². The highest BCUT2D eigenvalue weighted by atomic mass is 35.5. The van der Waals surface area contributed by atoms with Gasteiger partial charge in [-0.25, -0.2) is 0 Å². The molecule has 0 bridgehead atoms. The zero-order chi connectivity index (χ0) is 14.3. The molecule has 0 fully saturated rings. The number of rotatable bonds is 7. The van der Waals surface area contributed by atoms with Gasteiger partial charge >= 0.3 is 0 Å². The Morgan fingerprint density at radius 1 is 1.32 bits per heavy atom. The number of hydrogen-bond donors (Lipinski definition) is 1. The lowest BCUT2D eigenvalue weighted by Crippen LogP contribution is -2.40. The highest BCUT2D eigenvalue weighted by Gasteiger charge is 2.17. The van der Waals surface area contributed by atoms with Gasteiger partial charge in [0.25, 0.3) is 5.91 Å². The lowest BCUT2D eigenvalue weighted by Gasteiger charge is -2.14. The number of hydrogen-bond acceptors (Lipinski definition) is 4. The summed E-state index contributed by atoms with van der Waals surface area (Å²) in [6.45, 7) is 1.55. The molecule has 19 heavy (non-hydrogen) atoms. The van der Waals surface area contributed by atoms with Crippen molar-refractivity contribution in [1.29, 1.82) is 0 Å². The topological polar surface area (TPSA) is 64.6 Å². The molecule has 1 unspecified atom stereocenters. The number of halogens is 1. The van der Waals surface area contributed by atoms with E-state index in [0.717, 1.165) is 0 Å². The summed E-state index contributed by atoms with van der Waals surface area (Å²) in [4.78, 5) is 22.6. The zero-order valence-electron chi connectivity index (χ0n) is 10.8. The first-order valence-electron chi connectivity index (χ1n) is 5.83. The molecule has 0 aromatic heterocycles. The number of nitrogens with one attached hydrogen (secondary N) is 1. The fraction of sp³-hybridized carbons (Fsp3) is 0.385. The van der Waals surface area contributed by atoms with Crippen molar-refractivity contribution in [3.05, 3.63) is 24.3 Å². The molecule has 0 aliphatic heterocycles. The standard InChI is InChI=1S/C13H16ClNO4/c1-3-9(13(14)17)15-12(16)8-19-11-7-5-4-6-10(11)18-2/h4-7,9H,3,8H2,1-2H3,(H,15,16). The van der Waals surface area contributed by atoms with Crippen LogP contribution in [0.1, 0.15) is 13.3 Å². The molecule has 0 saturated heterocycles. The van der Waals surface area contributed by atoms with Crippen molar-refractivity contribution in [2.45, 2.75) is 19.4 Å². The molecule has 0 saturated carbocycles. The first-order valence-corrected chi connectivity index (χ1v) is 6.20. The van der Waals surface area contributed by atoms with E-state index >= 15 is 0 Å². The largest absolute Gasteiger partial charge is 0.493 e. The third-order valence-electron chi connectivity index (χ3n) is 2.45. The molecular formula is C13H16ClNO4. The summed E-state index contributed by atoms with van der Waals surface area (Å²) in [7, 11) is 1.52. The number of ether oxygens (including phenoxy) is 2. The van der Waals surface area contributed by atoms with E-state index in [1.807, 2.05) is 0 Å². The molecule has 1 rings (SSSR count). The number of methoxy groups -OCH3 is 1. The third kappa shape index (κ3) is 4.79. The molecule has 1 amide bonds. The normalized spacial score (nSPS) is 11.5. The Kier molecular flexibility index (Phi) is 6.15. The van der Waals surface area contributed by atoms with E-state index in [1.54, 1.807) is 31.2 Å². The monoisotopic (exact) mass is 285 g/mol. The van der Waals surface area contributed by atoms with Gasteiger partial charge in [-0.05, 0) is 30.2 Å². The second-order valence-electron chi connectivity index (χ2n) is 3.77. The van der Waals surface area contributed by atoms with Crippen LogP contribution in [0, 0.1) is 0 Å². The second-order valence-corrected chi connectivity index (χ2v) is 4.14. The van der Waals surface area contributed by atoms with Crippen LogP contribution in [-0.4, -0.2) is 30.9 Å². The van der Waals surface area contributed by atoms with Gasteiger partial charge in [-0.3, -0.25) is 9.59 Å². The van der Waals surface area contributed by atoms with Crippen molar-refractivity contribution in [3.63, 3.8) is 0 Å². The molecule has 1 atom stereocenters. The average Bonchev–Trinajstić information content (AvgIpc) is 2.42. The molecule has 104 valence electrons. The van der Waals surface area contributed by atoms with Gasteiger partial charge < -0.3 is 14.8 Å². The van der Waals surface area contributed by atoms with E-state index in [-0.39, 0.29) is 6.61 Å². The van der Waals surface area contributed by atoms with Crippen molar-refractivity contribution in [1.82, 2.24) is 5.32 Å². The van der Waals surface area contributed by atoms with Gasteiger partial charge in [-0.2, -0.15) is 0 Å².